The van der Waals surface area contributed by atoms with E-state index >= 15 is 0 Å². The molecule has 3 aromatic carbocycles. The normalized spacial score (nSPS) is 18.0. The zero-order chi connectivity index (χ0) is 26.2. The second-order valence-electron chi connectivity index (χ2n) is 10.2. The lowest BCUT2D eigenvalue weighted by atomic mass is 10.1. The third-order valence-corrected chi connectivity index (χ3v) is 8.65. The number of carbonyl (C=O) groups is 3. The summed E-state index contributed by atoms with van der Waals surface area (Å²) in [6.45, 7) is 2.06. The van der Waals surface area contributed by atoms with Crippen LogP contribution in [0.2, 0.25) is 0 Å². The van der Waals surface area contributed by atoms with Crippen LogP contribution in [-0.2, 0) is 20.8 Å². The van der Waals surface area contributed by atoms with E-state index in [-0.39, 0.29) is 36.6 Å². The molecular formula is C31H29N3O3S. The van der Waals surface area contributed by atoms with Crippen molar-refractivity contribution >= 4 is 45.0 Å². The third-order valence-electron chi connectivity index (χ3n) is 7.58. The second kappa shape index (κ2) is 10.1. The van der Waals surface area contributed by atoms with Gasteiger partial charge >= 0.3 is 0 Å². The lowest BCUT2D eigenvalue weighted by Gasteiger charge is -2.33. The van der Waals surface area contributed by atoms with Crippen molar-refractivity contribution in [1.82, 2.24) is 9.88 Å². The molecular weight excluding hydrogens is 494 g/mol. The van der Waals surface area contributed by atoms with Gasteiger partial charge in [-0.3, -0.25) is 14.4 Å². The van der Waals surface area contributed by atoms with Gasteiger partial charge in [0.05, 0.1) is 28.7 Å². The van der Waals surface area contributed by atoms with E-state index in [1.54, 1.807) is 28.4 Å². The number of aromatic nitrogens is 1. The smallest absolute Gasteiger partial charge is 0.257 e. The van der Waals surface area contributed by atoms with Crippen molar-refractivity contribution < 1.29 is 14.4 Å². The average Bonchev–Trinajstić information content (AvgIpc) is 3.65. The summed E-state index contributed by atoms with van der Waals surface area (Å²) in [5.41, 5.74) is 4.53. The molecule has 1 saturated heterocycles. The summed E-state index contributed by atoms with van der Waals surface area (Å²) < 4.78 is 1.13. The first-order valence-corrected chi connectivity index (χ1v) is 14.0. The molecule has 0 spiro atoms. The van der Waals surface area contributed by atoms with E-state index in [2.05, 4.69) is 19.1 Å². The first-order chi connectivity index (χ1) is 18.5. The predicted molar refractivity (Wildman–Crippen MR) is 150 cm³/mol. The Bertz CT molecular complexity index is 1510. The van der Waals surface area contributed by atoms with Crippen molar-refractivity contribution in [3.05, 3.63) is 83.9 Å². The number of hydrogen-bond acceptors (Lipinski definition) is 5. The van der Waals surface area contributed by atoms with Gasteiger partial charge in [-0.2, -0.15) is 0 Å². The number of aryl methyl sites for hydroxylation is 1. The van der Waals surface area contributed by atoms with Crippen LogP contribution in [0.4, 0.5) is 5.69 Å². The minimum Gasteiger partial charge on any atom is -0.327 e. The Hall–Kier alpha value is -3.84. The average molecular weight is 524 g/mol. The molecule has 0 bridgehead atoms. The van der Waals surface area contributed by atoms with Gasteiger partial charge < -0.3 is 4.90 Å². The van der Waals surface area contributed by atoms with Crippen molar-refractivity contribution in [3.8, 4) is 10.6 Å². The van der Waals surface area contributed by atoms with Gasteiger partial charge in [-0.25, -0.2) is 9.88 Å². The Morgan fingerprint density at radius 3 is 2.47 bits per heavy atom. The lowest BCUT2D eigenvalue weighted by molar-refractivity contribution is -0.140. The number of benzene rings is 3. The number of carbonyl (C=O) groups excluding carboxylic acids is 3. The monoisotopic (exact) mass is 523 g/mol. The Labute approximate surface area is 225 Å². The molecule has 6 nitrogen and oxygen atoms in total. The van der Waals surface area contributed by atoms with Gasteiger partial charge in [0.15, 0.2) is 0 Å². The molecule has 0 N–H and O–H groups in total. The maximum absolute atomic E-state index is 13.7. The summed E-state index contributed by atoms with van der Waals surface area (Å²) in [4.78, 5) is 48.1. The molecule has 1 saturated carbocycles. The quantitative estimate of drug-likeness (QED) is 0.294. The molecule has 6 rings (SSSR count). The number of hydrogen-bond donors (Lipinski definition) is 0. The molecule has 1 aliphatic carbocycles. The van der Waals surface area contributed by atoms with Crippen LogP contribution in [-0.4, -0.2) is 39.7 Å². The van der Waals surface area contributed by atoms with Gasteiger partial charge in [0.1, 0.15) is 11.0 Å². The maximum Gasteiger partial charge on any atom is 0.257 e. The molecule has 1 aliphatic heterocycles. The summed E-state index contributed by atoms with van der Waals surface area (Å²) in [6, 6.07) is 22.4. The van der Waals surface area contributed by atoms with Gasteiger partial charge in [0.25, 0.3) is 5.91 Å². The highest BCUT2D eigenvalue weighted by molar-refractivity contribution is 7.21. The Kier molecular flexibility index (Phi) is 6.54. The molecule has 38 heavy (non-hydrogen) atoms. The number of rotatable bonds is 6. The minimum absolute atomic E-state index is 0.00189. The van der Waals surface area contributed by atoms with Crippen molar-refractivity contribution in [3.63, 3.8) is 0 Å². The lowest BCUT2D eigenvalue weighted by Crippen LogP contribution is -2.50. The van der Waals surface area contributed by atoms with E-state index in [0.717, 1.165) is 52.0 Å². The molecule has 2 aliphatic rings. The molecule has 4 aromatic rings. The van der Waals surface area contributed by atoms with Crippen LogP contribution in [0.1, 0.15) is 43.2 Å². The maximum atomic E-state index is 13.7. The van der Waals surface area contributed by atoms with E-state index in [1.807, 2.05) is 48.5 Å². The highest BCUT2D eigenvalue weighted by Gasteiger charge is 2.46. The summed E-state index contributed by atoms with van der Waals surface area (Å²) in [6.07, 6.45) is 4.06. The van der Waals surface area contributed by atoms with E-state index in [1.165, 1.54) is 10.5 Å². The number of fused-ring (bicyclic) bond motifs is 1. The van der Waals surface area contributed by atoms with Crippen LogP contribution in [0.15, 0.2) is 72.8 Å². The topological polar surface area (TPSA) is 70.6 Å². The van der Waals surface area contributed by atoms with Crippen LogP contribution >= 0.6 is 11.3 Å². The highest BCUT2D eigenvalue weighted by Crippen LogP contribution is 2.35. The summed E-state index contributed by atoms with van der Waals surface area (Å²) in [5.74, 6) is -0.664. The van der Waals surface area contributed by atoms with E-state index < -0.39 is 6.04 Å². The first-order valence-electron chi connectivity index (χ1n) is 13.2. The molecule has 2 heterocycles. The number of imide groups is 1. The second-order valence-corrected chi connectivity index (χ2v) is 11.3. The number of thiazole rings is 1. The van der Waals surface area contributed by atoms with Crippen molar-refractivity contribution in [2.75, 3.05) is 4.90 Å². The van der Waals surface area contributed by atoms with Crippen molar-refractivity contribution in [2.24, 2.45) is 0 Å². The molecule has 2 fully saturated rings. The number of nitrogens with zero attached hydrogens (tertiary/aromatic N) is 3. The highest BCUT2D eigenvalue weighted by atomic mass is 32.1. The van der Waals surface area contributed by atoms with Gasteiger partial charge in [-0.05, 0) is 67.3 Å². The fourth-order valence-electron chi connectivity index (χ4n) is 5.69. The van der Waals surface area contributed by atoms with Gasteiger partial charge in [-0.1, -0.05) is 49.2 Å². The summed E-state index contributed by atoms with van der Waals surface area (Å²) >= 11 is 1.62. The molecule has 1 atom stereocenters. The standard InChI is InChI=1S/C31H29N3O3S/c1-20-11-16-25-27(17-20)38-30(32-25)22-12-14-24(15-13-22)34-29(36)19-26(31(34)37)33(23-9-5-6-10-23)28(35)18-21-7-3-2-4-8-21/h2-4,7-8,11-17,23,26H,5-6,9-10,18-19H2,1H3. The minimum atomic E-state index is -0.756. The summed E-state index contributed by atoms with van der Waals surface area (Å²) in [7, 11) is 0. The largest absolute Gasteiger partial charge is 0.327 e. The van der Waals surface area contributed by atoms with Crippen LogP contribution in [0, 0.1) is 6.92 Å². The predicted octanol–water partition coefficient (Wildman–Crippen LogP) is 5.92. The molecule has 1 aromatic heterocycles. The van der Waals surface area contributed by atoms with Crippen molar-refractivity contribution in [2.45, 2.75) is 57.5 Å². The van der Waals surface area contributed by atoms with E-state index in [9.17, 15) is 14.4 Å². The molecule has 192 valence electrons. The Morgan fingerprint density at radius 1 is 1.00 bits per heavy atom. The van der Waals surface area contributed by atoms with Crippen LogP contribution in [0.5, 0.6) is 0 Å². The third kappa shape index (κ3) is 4.63. The number of anilines is 1. The van der Waals surface area contributed by atoms with Crippen molar-refractivity contribution in [1.29, 1.82) is 0 Å². The molecule has 1 unspecified atom stereocenters. The zero-order valence-electron chi connectivity index (χ0n) is 21.3. The molecule has 0 radical (unpaired) electrons. The fraction of sp³-hybridized carbons (Fsp3) is 0.290. The Balaban J connectivity index is 1.24. The zero-order valence-corrected chi connectivity index (χ0v) is 22.1. The van der Waals surface area contributed by atoms with Crippen LogP contribution < -0.4 is 4.90 Å². The van der Waals surface area contributed by atoms with Gasteiger partial charge in [-0.15, -0.1) is 11.3 Å². The number of amides is 3. The molecule has 3 amide bonds. The first kappa shape index (κ1) is 24.5. The molecule has 7 heteroatoms. The van der Waals surface area contributed by atoms with Crippen LogP contribution in [0.25, 0.3) is 20.8 Å². The fourth-order valence-corrected chi connectivity index (χ4v) is 6.76. The SMILES string of the molecule is Cc1ccc2nc(-c3ccc(N4C(=O)CC(N(C(=O)Cc5ccccc5)C5CCCC5)C4=O)cc3)sc2c1. The van der Waals surface area contributed by atoms with Gasteiger partial charge in [0, 0.05) is 11.6 Å². The van der Waals surface area contributed by atoms with E-state index in [0.29, 0.717) is 5.69 Å². The Morgan fingerprint density at radius 2 is 1.74 bits per heavy atom. The summed E-state index contributed by atoms with van der Waals surface area (Å²) in [5, 5.41) is 0.896. The van der Waals surface area contributed by atoms with Crippen LogP contribution in [0.3, 0.4) is 0 Å². The van der Waals surface area contributed by atoms with Gasteiger partial charge in [0.2, 0.25) is 11.8 Å². The van der Waals surface area contributed by atoms with E-state index in [4.69, 9.17) is 4.98 Å².